The zero-order valence-electron chi connectivity index (χ0n) is 13.1. The number of ketones is 1. The van der Waals surface area contributed by atoms with Crippen LogP contribution in [-0.2, 0) is 9.53 Å². The standard InChI is InChI=1S/C17H19Cl2NO4/c18-12-6-5-11(16(22)15(12)19)17(23)20-7-8-24-9-13(20)10-3-1-2-4-14(10)21/h5-6,10,13,22H,1-4,7-9H2. The van der Waals surface area contributed by atoms with Crippen LogP contribution in [0, 0.1) is 5.92 Å². The molecule has 0 bridgehead atoms. The highest BCUT2D eigenvalue weighted by molar-refractivity contribution is 6.43. The van der Waals surface area contributed by atoms with Gasteiger partial charge in [0.1, 0.15) is 16.6 Å². The van der Waals surface area contributed by atoms with Crippen molar-refractivity contribution in [1.82, 2.24) is 4.90 Å². The summed E-state index contributed by atoms with van der Waals surface area (Å²) in [6.45, 7) is 1.13. The number of hydrogen-bond donors (Lipinski definition) is 1. The van der Waals surface area contributed by atoms with Crippen molar-refractivity contribution in [2.75, 3.05) is 19.8 Å². The van der Waals surface area contributed by atoms with Crippen LogP contribution in [-0.4, -0.2) is 47.5 Å². The molecule has 1 saturated carbocycles. The minimum Gasteiger partial charge on any atom is -0.505 e. The van der Waals surface area contributed by atoms with E-state index >= 15 is 0 Å². The monoisotopic (exact) mass is 371 g/mol. The molecule has 5 nitrogen and oxygen atoms in total. The van der Waals surface area contributed by atoms with E-state index in [-0.39, 0.29) is 45.0 Å². The van der Waals surface area contributed by atoms with Crippen LogP contribution in [0.25, 0.3) is 0 Å². The molecule has 0 aromatic heterocycles. The second-order valence-corrected chi connectivity index (χ2v) is 7.00. The van der Waals surface area contributed by atoms with Crippen LogP contribution >= 0.6 is 23.2 Å². The van der Waals surface area contributed by atoms with Gasteiger partial charge in [0, 0.05) is 18.9 Å². The van der Waals surface area contributed by atoms with E-state index < -0.39 is 0 Å². The van der Waals surface area contributed by atoms with Gasteiger partial charge in [0.05, 0.1) is 29.8 Å². The smallest absolute Gasteiger partial charge is 0.258 e. The number of rotatable bonds is 2. The predicted molar refractivity (Wildman–Crippen MR) is 90.7 cm³/mol. The number of morpholine rings is 1. The van der Waals surface area contributed by atoms with Gasteiger partial charge in [-0.05, 0) is 25.0 Å². The number of aromatic hydroxyl groups is 1. The van der Waals surface area contributed by atoms with Crippen LogP contribution in [0.5, 0.6) is 5.75 Å². The van der Waals surface area contributed by atoms with Crippen LogP contribution in [0.2, 0.25) is 10.0 Å². The second kappa shape index (κ2) is 7.30. The zero-order valence-corrected chi connectivity index (χ0v) is 14.6. The number of phenols is 1. The number of carbonyl (C=O) groups excluding carboxylic acids is 2. The summed E-state index contributed by atoms with van der Waals surface area (Å²) < 4.78 is 5.52. The Morgan fingerprint density at radius 3 is 2.83 bits per heavy atom. The molecule has 1 saturated heterocycles. The SMILES string of the molecule is O=C1CCCCC1C1COCCN1C(=O)c1ccc(Cl)c(Cl)c1O. The molecule has 2 unspecified atom stereocenters. The molecule has 3 rings (SSSR count). The quantitative estimate of drug-likeness (QED) is 0.865. The topological polar surface area (TPSA) is 66.8 Å². The van der Waals surface area contributed by atoms with Crippen molar-refractivity contribution in [3.05, 3.63) is 27.7 Å². The highest BCUT2D eigenvalue weighted by Gasteiger charge is 2.39. The van der Waals surface area contributed by atoms with E-state index in [9.17, 15) is 14.7 Å². The van der Waals surface area contributed by atoms with Crippen molar-refractivity contribution in [2.45, 2.75) is 31.7 Å². The number of Topliss-reactive ketones (excluding diaryl/α,β-unsaturated/α-hetero) is 1. The second-order valence-electron chi connectivity index (χ2n) is 6.22. The Balaban J connectivity index is 1.89. The van der Waals surface area contributed by atoms with Crippen molar-refractivity contribution in [3.63, 3.8) is 0 Å². The van der Waals surface area contributed by atoms with Gasteiger partial charge in [0.25, 0.3) is 5.91 Å². The summed E-state index contributed by atoms with van der Waals surface area (Å²) >= 11 is 11.8. The number of ether oxygens (including phenoxy) is 1. The Morgan fingerprint density at radius 2 is 2.08 bits per heavy atom. The average molecular weight is 372 g/mol. The lowest BCUT2D eigenvalue weighted by atomic mass is 9.82. The maximum Gasteiger partial charge on any atom is 0.258 e. The summed E-state index contributed by atoms with van der Waals surface area (Å²) in [5.74, 6) is -0.687. The molecule has 1 aromatic rings. The number of amides is 1. The van der Waals surface area contributed by atoms with Gasteiger partial charge in [-0.2, -0.15) is 0 Å². The lowest BCUT2D eigenvalue weighted by molar-refractivity contribution is -0.129. The Labute approximate surface area is 150 Å². The van der Waals surface area contributed by atoms with Crippen molar-refractivity contribution in [2.24, 2.45) is 5.92 Å². The summed E-state index contributed by atoms with van der Waals surface area (Å²) in [4.78, 5) is 26.9. The first-order chi connectivity index (χ1) is 11.5. The molecule has 1 aliphatic carbocycles. The molecule has 1 heterocycles. The van der Waals surface area contributed by atoms with E-state index in [4.69, 9.17) is 27.9 Å². The average Bonchev–Trinajstić information content (AvgIpc) is 2.60. The van der Waals surface area contributed by atoms with Gasteiger partial charge in [-0.3, -0.25) is 9.59 Å². The number of halogens is 2. The van der Waals surface area contributed by atoms with Crippen LogP contribution in [0.3, 0.4) is 0 Å². The molecule has 0 spiro atoms. The molecule has 1 aliphatic heterocycles. The van der Waals surface area contributed by atoms with Crippen molar-refractivity contribution in [1.29, 1.82) is 0 Å². The molecule has 7 heteroatoms. The third kappa shape index (κ3) is 3.25. The minimum atomic E-state index is -0.349. The number of benzene rings is 1. The molecule has 2 fully saturated rings. The molecule has 130 valence electrons. The predicted octanol–water partition coefficient (Wildman–Crippen LogP) is 3.30. The van der Waals surface area contributed by atoms with Gasteiger partial charge in [-0.1, -0.05) is 29.6 Å². The summed E-state index contributed by atoms with van der Waals surface area (Å²) in [5.41, 5.74) is 0.0968. The lowest BCUT2D eigenvalue weighted by Crippen LogP contribution is -2.54. The van der Waals surface area contributed by atoms with E-state index in [1.54, 1.807) is 4.90 Å². The van der Waals surface area contributed by atoms with Crippen LogP contribution in [0.4, 0.5) is 0 Å². The van der Waals surface area contributed by atoms with Gasteiger partial charge >= 0.3 is 0 Å². The van der Waals surface area contributed by atoms with Crippen LogP contribution in [0.1, 0.15) is 36.0 Å². The fraction of sp³-hybridized carbons (Fsp3) is 0.529. The largest absolute Gasteiger partial charge is 0.505 e. The first-order valence-electron chi connectivity index (χ1n) is 8.09. The van der Waals surface area contributed by atoms with Crippen molar-refractivity contribution in [3.8, 4) is 5.75 Å². The van der Waals surface area contributed by atoms with Gasteiger partial charge in [-0.15, -0.1) is 0 Å². The first-order valence-corrected chi connectivity index (χ1v) is 8.84. The number of carbonyl (C=O) groups is 2. The first kappa shape index (κ1) is 17.5. The van der Waals surface area contributed by atoms with E-state index in [1.807, 2.05) is 0 Å². The lowest BCUT2D eigenvalue weighted by Gasteiger charge is -2.41. The summed E-state index contributed by atoms with van der Waals surface area (Å²) in [5, 5.41) is 10.3. The number of hydrogen-bond acceptors (Lipinski definition) is 4. The maximum absolute atomic E-state index is 12.9. The molecular formula is C17H19Cl2NO4. The molecular weight excluding hydrogens is 353 g/mol. The Kier molecular flexibility index (Phi) is 5.33. The highest BCUT2D eigenvalue weighted by Crippen LogP contribution is 2.36. The molecule has 2 aliphatic rings. The van der Waals surface area contributed by atoms with Crippen molar-refractivity contribution < 1.29 is 19.4 Å². The van der Waals surface area contributed by atoms with Gasteiger partial charge in [0.2, 0.25) is 0 Å². The fourth-order valence-electron chi connectivity index (χ4n) is 3.49. The number of phenolic OH excluding ortho intramolecular Hbond substituents is 1. The summed E-state index contributed by atoms with van der Waals surface area (Å²) in [6, 6.07) is 2.65. The Morgan fingerprint density at radius 1 is 1.29 bits per heavy atom. The normalized spacial score (nSPS) is 24.9. The third-order valence-electron chi connectivity index (χ3n) is 4.79. The molecule has 0 radical (unpaired) electrons. The third-order valence-corrected chi connectivity index (χ3v) is 5.59. The van der Waals surface area contributed by atoms with E-state index in [0.29, 0.717) is 26.2 Å². The molecule has 2 atom stereocenters. The Bertz CT molecular complexity index is 664. The van der Waals surface area contributed by atoms with Gasteiger partial charge in [-0.25, -0.2) is 0 Å². The van der Waals surface area contributed by atoms with E-state index in [2.05, 4.69) is 0 Å². The number of nitrogens with zero attached hydrogens (tertiary/aromatic N) is 1. The van der Waals surface area contributed by atoms with Crippen LogP contribution < -0.4 is 0 Å². The van der Waals surface area contributed by atoms with Crippen molar-refractivity contribution >= 4 is 34.9 Å². The van der Waals surface area contributed by atoms with Crippen LogP contribution in [0.15, 0.2) is 12.1 Å². The fourth-order valence-corrected chi connectivity index (χ4v) is 3.81. The maximum atomic E-state index is 12.9. The zero-order chi connectivity index (χ0) is 17.3. The molecule has 1 N–H and O–H groups in total. The minimum absolute atomic E-state index is 0.0407. The summed E-state index contributed by atoms with van der Waals surface area (Å²) in [6.07, 6.45) is 3.21. The molecule has 1 amide bonds. The highest BCUT2D eigenvalue weighted by atomic mass is 35.5. The van der Waals surface area contributed by atoms with Gasteiger partial charge < -0.3 is 14.7 Å². The molecule has 24 heavy (non-hydrogen) atoms. The summed E-state index contributed by atoms with van der Waals surface area (Å²) in [7, 11) is 0. The molecule has 1 aromatic carbocycles. The van der Waals surface area contributed by atoms with Gasteiger partial charge in [0.15, 0.2) is 0 Å². The van der Waals surface area contributed by atoms with E-state index in [0.717, 1.165) is 19.3 Å². The van der Waals surface area contributed by atoms with E-state index in [1.165, 1.54) is 12.1 Å². The Hall–Kier alpha value is -1.30.